The van der Waals surface area contributed by atoms with Crippen molar-refractivity contribution >= 4 is 27.6 Å². The number of benzene rings is 1. The molecule has 0 aliphatic rings. The Kier molecular flexibility index (Phi) is 5.61. The Labute approximate surface area is 128 Å². The summed E-state index contributed by atoms with van der Waals surface area (Å²) in [7, 11) is 0. The average molecular weight is 338 g/mol. The Balaban J connectivity index is 2.01. The molecule has 1 aromatic heterocycles. The molecule has 0 aliphatic heterocycles. The molecule has 20 heavy (non-hydrogen) atoms. The number of aryl methyl sites for hydroxylation is 2. The molecule has 5 heteroatoms. The van der Waals surface area contributed by atoms with E-state index in [1.54, 1.807) is 0 Å². The van der Waals surface area contributed by atoms with Gasteiger partial charge in [0, 0.05) is 36.6 Å². The Bertz CT molecular complexity index is 554. The SMILES string of the molecule is CCOCCCn1ccnc1Nc1ccc(C)cc1Br. The monoisotopic (exact) mass is 337 g/mol. The summed E-state index contributed by atoms with van der Waals surface area (Å²) in [4.78, 5) is 4.36. The summed E-state index contributed by atoms with van der Waals surface area (Å²) in [6.45, 7) is 6.53. The van der Waals surface area contributed by atoms with Crippen LogP contribution in [0.5, 0.6) is 0 Å². The summed E-state index contributed by atoms with van der Waals surface area (Å²) in [5, 5.41) is 3.35. The maximum Gasteiger partial charge on any atom is 0.207 e. The van der Waals surface area contributed by atoms with E-state index < -0.39 is 0 Å². The molecule has 0 amide bonds. The van der Waals surface area contributed by atoms with Gasteiger partial charge in [-0.05, 0) is 53.9 Å². The van der Waals surface area contributed by atoms with Crippen LogP contribution in [0.2, 0.25) is 0 Å². The molecule has 0 bridgehead atoms. The first-order chi connectivity index (χ1) is 9.70. The number of ether oxygens (including phenoxy) is 1. The largest absolute Gasteiger partial charge is 0.382 e. The number of imidazole rings is 1. The molecule has 0 atom stereocenters. The maximum absolute atomic E-state index is 5.36. The third-order valence-corrected chi connectivity index (χ3v) is 3.63. The van der Waals surface area contributed by atoms with Crippen molar-refractivity contribution in [2.45, 2.75) is 26.8 Å². The summed E-state index contributed by atoms with van der Waals surface area (Å²) in [6.07, 6.45) is 4.77. The molecule has 0 spiro atoms. The highest BCUT2D eigenvalue weighted by atomic mass is 79.9. The zero-order valence-electron chi connectivity index (χ0n) is 11.9. The number of hydrogen-bond acceptors (Lipinski definition) is 3. The second-order valence-electron chi connectivity index (χ2n) is 4.60. The number of aromatic nitrogens is 2. The first-order valence-electron chi connectivity index (χ1n) is 6.82. The molecule has 2 aromatic rings. The first kappa shape index (κ1) is 15.1. The van der Waals surface area contributed by atoms with E-state index in [1.165, 1.54) is 5.56 Å². The molecule has 0 unspecified atom stereocenters. The minimum absolute atomic E-state index is 0.769. The lowest BCUT2D eigenvalue weighted by Crippen LogP contribution is -2.06. The highest BCUT2D eigenvalue weighted by molar-refractivity contribution is 9.10. The van der Waals surface area contributed by atoms with Crippen LogP contribution in [0.15, 0.2) is 35.1 Å². The lowest BCUT2D eigenvalue weighted by molar-refractivity contribution is 0.142. The lowest BCUT2D eigenvalue weighted by Gasteiger charge is -2.11. The number of nitrogens with one attached hydrogen (secondary N) is 1. The van der Waals surface area contributed by atoms with Gasteiger partial charge in [0.25, 0.3) is 0 Å². The topological polar surface area (TPSA) is 39.1 Å². The van der Waals surface area contributed by atoms with E-state index in [1.807, 2.05) is 19.3 Å². The van der Waals surface area contributed by atoms with Crippen LogP contribution in [0.4, 0.5) is 11.6 Å². The number of nitrogens with zero attached hydrogens (tertiary/aromatic N) is 2. The zero-order valence-corrected chi connectivity index (χ0v) is 13.5. The Morgan fingerprint density at radius 3 is 3.00 bits per heavy atom. The van der Waals surface area contributed by atoms with Gasteiger partial charge >= 0.3 is 0 Å². The summed E-state index contributed by atoms with van der Waals surface area (Å²) < 4.78 is 8.51. The van der Waals surface area contributed by atoms with Crippen LogP contribution in [0.1, 0.15) is 18.9 Å². The van der Waals surface area contributed by atoms with Crippen molar-refractivity contribution in [3.8, 4) is 0 Å². The van der Waals surface area contributed by atoms with Crippen LogP contribution < -0.4 is 5.32 Å². The van der Waals surface area contributed by atoms with Crippen LogP contribution in [0, 0.1) is 6.92 Å². The minimum Gasteiger partial charge on any atom is -0.382 e. The van der Waals surface area contributed by atoms with E-state index in [0.717, 1.165) is 42.3 Å². The van der Waals surface area contributed by atoms with Gasteiger partial charge in [0.2, 0.25) is 5.95 Å². The van der Waals surface area contributed by atoms with Gasteiger partial charge < -0.3 is 14.6 Å². The van der Waals surface area contributed by atoms with Crippen molar-refractivity contribution in [2.24, 2.45) is 0 Å². The summed E-state index contributed by atoms with van der Waals surface area (Å²) in [5.74, 6) is 0.853. The lowest BCUT2D eigenvalue weighted by atomic mass is 10.2. The molecule has 0 radical (unpaired) electrons. The second kappa shape index (κ2) is 7.45. The number of rotatable bonds is 7. The number of hydrogen-bond donors (Lipinski definition) is 1. The van der Waals surface area contributed by atoms with Gasteiger partial charge in [0.15, 0.2) is 0 Å². The van der Waals surface area contributed by atoms with Crippen molar-refractivity contribution in [3.63, 3.8) is 0 Å². The highest BCUT2D eigenvalue weighted by Gasteiger charge is 2.05. The van der Waals surface area contributed by atoms with E-state index in [-0.39, 0.29) is 0 Å². The summed E-state index contributed by atoms with van der Waals surface area (Å²) in [6, 6.07) is 6.22. The van der Waals surface area contributed by atoms with E-state index in [9.17, 15) is 0 Å². The molecule has 108 valence electrons. The molecule has 0 fully saturated rings. The van der Waals surface area contributed by atoms with Crippen molar-refractivity contribution in [1.29, 1.82) is 0 Å². The number of anilines is 2. The smallest absolute Gasteiger partial charge is 0.207 e. The van der Waals surface area contributed by atoms with Crippen molar-refractivity contribution in [2.75, 3.05) is 18.5 Å². The van der Waals surface area contributed by atoms with Crippen molar-refractivity contribution in [1.82, 2.24) is 9.55 Å². The predicted molar refractivity (Wildman–Crippen MR) is 85.5 cm³/mol. The zero-order chi connectivity index (χ0) is 14.4. The van der Waals surface area contributed by atoms with Gasteiger partial charge in [0.05, 0.1) is 5.69 Å². The van der Waals surface area contributed by atoms with E-state index >= 15 is 0 Å². The Morgan fingerprint density at radius 2 is 2.25 bits per heavy atom. The Morgan fingerprint density at radius 1 is 1.40 bits per heavy atom. The third kappa shape index (κ3) is 4.08. The van der Waals surface area contributed by atoms with Gasteiger partial charge in [-0.25, -0.2) is 4.98 Å². The van der Waals surface area contributed by atoms with Crippen molar-refractivity contribution in [3.05, 3.63) is 40.6 Å². The number of halogens is 1. The quantitative estimate of drug-likeness (QED) is 0.772. The fourth-order valence-corrected chi connectivity index (χ4v) is 2.53. The van der Waals surface area contributed by atoms with Crippen LogP contribution in [0.3, 0.4) is 0 Å². The fourth-order valence-electron chi connectivity index (χ4n) is 1.94. The van der Waals surface area contributed by atoms with Gasteiger partial charge in [-0.1, -0.05) is 6.07 Å². The first-order valence-corrected chi connectivity index (χ1v) is 7.62. The van der Waals surface area contributed by atoms with Crippen LogP contribution in [0.25, 0.3) is 0 Å². The summed E-state index contributed by atoms with van der Waals surface area (Å²) in [5.41, 5.74) is 2.25. The molecule has 0 saturated carbocycles. The van der Waals surface area contributed by atoms with Crippen LogP contribution in [-0.2, 0) is 11.3 Å². The van der Waals surface area contributed by atoms with E-state index in [2.05, 4.69) is 55.9 Å². The van der Waals surface area contributed by atoms with Gasteiger partial charge in [-0.2, -0.15) is 0 Å². The Hall–Kier alpha value is -1.33. The van der Waals surface area contributed by atoms with Crippen LogP contribution in [-0.4, -0.2) is 22.8 Å². The van der Waals surface area contributed by atoms with Crippen molar-refractivity contribution < 1.29 is 4.74 Å². The van der Waals surface area contributed by atoms with Gasteiger partial charge in [-0.3, -0.25) is 0 Å². The standard InChI is InChI=1S/C15H20BrN3O/c1-3-20-10-4-8-19-9-7-17-15(19)18-14-6-5-12(2)11-13(14)16/h5-7,9,11H,3-4,8,10H2,1-2H3,(H,17,18). The predicted octanol–water partition coefficient (Wildman–Crippen LogP) is 4.12. The normalized spacial score (nSPS) is 10.8. The van der Waals surface area contributed by atoms with Gasteiger partial charge in [-0.15, -0.1) is 0 Å². The average Bonchev–Trinajstić information content (AvgIpc) is 2.85. The molecule has 0 saturated heterocycles. The fraction of sp³-hybridized carbons (Fsp3) is 0.400. The molecule has 2 rings (SSSR count). The van der Waals surface area contributed by atoms with Gasteiger partial charge in [0.1, 0.15) is 0 Å². The summed E-state index contributed by atoms with van der Waals surface area (Å²) >= 11 is 3.57. The maximum atomic E-state index is 5.36. The molecule has 1 aromatic carbocycles. The van der Waals surface area contributed by atoms with Crippen LogP contribution >= 0.6 is 15.9 Å². The molecule has 4 nitrogen and oxygen atoms in total. The molecule has 1 heterocycles. The van der Waals surface area contributed by atoms with E-state index in [4.69, 9.17) is 4.74 Å². The molecule has 1 N–H and O–H groups in total. The third-order valence-electron chi connectivity index (χ3n) is 2.98. The second-order valence-corrected chi connectivity index (χ2v) is 5.46. The molecular weight excluding hydrogens is 318 g/mol. The van der Waals surface area contributed by atoms with E-state index in [0.29, 0.717) is 0 Å². The minimum atomic E-state index is 0.769. The molecule has 0 aliphatic carbocycles. The highest BCUT2D eigenvalue weighted by Crippen LogP contribution is 2.26. The molecular formula is C15H20BrN3O.